The summed E-state index contributed by atoms with van der Waals surface area (Å²) in [7, 11) is -5.57. The van der Waals surface area contributed by atoms with Crippen LogP contribution in [0, 0.1) is 17.3 Å². The Morgan fingerprint density at radius 1 is 0.750 bits per heavy atom. The fourth-order valence-corrected chi connectivity index (χ4v) is 17.7. The molecule has 324 valence electrons. The molecule has 0 heterocycles. The summed E-state index contributed by atoms with van der Waals surface area (Å²) < 4.78 is 27.8. The maximum atomic E-state index is 12.4. The van der Waals surface area contributed by atoms with Crippen LogP contribution in [0.1, 0.15) is 126 Å². The molecule has 0 unspecified atom stereocenters. The van der Waals surface area contributed by atoms with Crippen LogP contribution in [0.15, 0.2) is 42.5 Å². The van der Waals surface area contributed by atoms with Crippen LogP contribution in [-0.4, -0.2) is 79.3 Å². The molecule has 1 aromatic carbocycles. The van der Waals surface area contributed by atoms with Gasteiger partial charge in [0.15, 0.2) is 25.0 Å². The summed E-state index contributed by atoms with van der Waals surface area (Å²) in [6.45, 7) is 22.4. The van der Waals surface area contributed by atoms with Crippen LogP contribution in [0.5, 0.6) is 0 Å². The molecule has 0 aromatic heterocycles. The van der Waals surface area contributed by atoms with E-state index >= 15 is 0 Å². The van der Waals surface area contributed by atoms with Gasteiger partial charge in [0.25, 0.3) is 0 Å². The highest BCUT2D eigenvalue weighted by Gasteiger charge is 2.49. The Morgan fingerprint density at radius 3 is 1.77 bits per heavy atom. The van der Waals surface area contributed by atoms with Crippen molar-refractivity contribution in [1.82, 2.24) is 0 Å². The van der Waals surface area contributed by atoms with Crippen molar-refractivity contribution in [2.24, 2.45) is 17.3 Å². The first-order valence-electron chi connectivity index (χ1n) is 23.0. The van der Waals surface area contributed by atoms with E-state index in [-0.39, 0.29) is 44.1 Å². The van der Waals surface area contributed by atoms with E-state index in [1.54, 1.807) is 6.92 Å². The van der Waals surface area contributed by atoms with E-state index in [1.165, 1.54) is 5.56 Å². The number of aliphatic hydroxyl groups is 2. The fourth-order valence-electron chi connectivity index (χ4n) is 8.94. The third-order valence-corrected chi connectivity index (χ3v) is 28.1. The largest absolute Gasteiger partial charge is 0.465 e. The lowest BCUT2D eigenvalue weighted by atomic mass is 9.85. The lowest BCUT2D eigenvalue weighted by Crippen LogP contribution is -2.42. The highest BCUT2D eigenvalue weighted by Crippen LogP contribution is 2.46. The summed E-state index contributed by atoms with van der Waals surface area (Å²) >= 11 is 0. The summed E-state index contributed by atoms with van der Waals surface area (Å²) in [5.74, 6) is 0.506. The number of ether oxygens (including phenoxy) is 1. The molecule has 7 nitrogen and oxygen atoms in total. The summed E-state index contributed by atoms with van der Waals surface area (Å²) in [5.41, 5.74) is 0.582. The first-order chi connectivity index (χ1) is 26.9. The number of carbonyl (C=O) groups is 1. The molecular formula is C46H86O7Si3. The molecule has 0 bridgehead atoms. The van der Waals surface area contributed by atoms with E-state index in [0.29, 0.717) is 24.7 Å². The second kappa shape index (κ2) is 26.2. The standard InChI is InChI=1S/C46H86O7Si3/c1-11-54(12-2,13-3)51-40(32-31-39-27-23-22-24-28-39)33-34-42-41(29-25-20-21-26-30-45(49)50-38-46(10,36-47)37-48)43(52-55(14-4,15-5)16-6)35-44(42)53-56(17-7,18-8)19-9/h20,22-25,27-28,40-44,47-48H,11-19,21,26,29-38H2,1-10H3/t40-,41+,42+,43-,44+/m0/s1. The molecule has 1 aliphatic carbocycles. The second-order valence-corrected chi connectivity index (χ2v) is 31.5. The van der Waals surface area contributed by atoms with Gasteiger partial charge in [0.1, 0.15) is 6.61 Å². The van der Waals surface area contributed by atoms with Crippen LogP contribution in [0.25, 0.3) is 0 Å². The molecule has 10 heteroatoms. The maximum absolute atomic E-state index is 12.4. The molecule has 5 atom stereocenters. The minimum absolute atomic E-state index is 0.0232. The zero-order chi connectivity index (χ0) is 41.7. The van der Waals surface area contributed by atoms with Gasteiger partial charge in [0.05, 0.1) is 25.4 Å². The molecule has 2 rings (SSSR count). The number of carbonyl (C=O) groups excluding carboxylic acids is 1. The van der Waals surface area contributed by atoms with Crippen LogP contribution in [-0.2, 0) is 29.2 Å². The minimum atomic E-state index is -1.88. The van der Waals surface area contributed by atoms with Crippen LogP contribution in [0.2, 0.25) is 54.4 Å². The number of hydrogen-bond acceptors (Lipinski definition) is 7. The van der Waals surface area contributed by atoms with Gasteiger partial charge in [-0.3, -0.25) is 4.79 Å². The molecule has 0 amide bonds. The Hall–Kier alpha value is -1.12. The number of rotatable bonds is 31. The first kappa shape index (κ1) is 51.0. The summed E-state index contributed by atoms with van der Waals surface area (Å²) in [6.07, 6.45) is 13.3. The van der Waals surface area contributed by atoms with Gasteiger partial charge in [-0.05, 0) is 123 Å². The molecular weight excluding hydrogens is 749 g/mol. The van der Waals surface area contributed by atoms with E-state index in [1.807, 2.05) is 0 Å². The number of unbranched alkanes of at least 4 members (excludes halogenated alkanes) is 1. The molecule has 1 aliphatic rings. The van der Waals surface area contributed by atoms with Crippen molar-refractivity contribution < 1.29 is 33.0 Å². The van der Waals surface area contributed by atoms with E-state index in [4.69, 9.17) is 18.0 Å². The van der Waals surface area contributed by atoms with Crippen molar-refractivity contribution in [2.75, 3.05) is 19.8 Å². The third kappa shape index (κ3) is 15.5. The number of esters is 1. The van der Waals surface area contributed by atoms with Crippen molar-refractivity contribution in [1.29, 1.82) is 0 Å². The van der Waals surface area contributed by atoms with Crippen molar-refractivity contribution >= 4 is 30.9 Å². The summed E-state index contributed by atoms with van der Waals surface area (Å²) in [5, 5.41) is 19.1. The van der Waals surface area contributed by atoms with E-state index in [9.17, 15) is 15.0 Å². The lowest BCUT2D eigenvalue weighted by Gasteiger charge is -2.37. The normalized spacial score (nSPS) is 20.2. The van der Waals surface area contributed by atoms with Gasteiger partial charge in [-0.2, -0.15) is 0 Å². The number of aryl methyl sites for hydroxylation is 1. The van der Waals surface area contributed by atoms with Crippen molar-refractivity contribution in [3.63, 3.8) is 0 Å². The monoisotopic (exact) mass is 835 g/mol. The van der Waals surface area contributed by atoms with Gasteiger partial charge >= 0.3 is 5.97 Å². The molecule has 1 fully saturated rings. The van der Waals surface area contributed by atoms with E-state index in [0.717, 1.165) is 99.3 Å². The minimum Gasteiger partial charge on any atom is -0.465 e. The van der Waals surface area contributed by atoms with Crippen LogP contribution in [0.3, 0.4) is 0 Å². The maximum Gasteiger partial charge on any atom is 0.305 e. The molecule has 1 aromatic rings. The SMILES string of the molecule is CC[Si](CC)(CC)O[C@@H](CCc1ccccc1)CC[C@@H]1[C@@H](CC=CCCCC(=O)OCC(C)(CO)CO)[C@@H](O[Si](CC)(CC)CC)C[C@H]1O[Si](CC)(CC)CC. The molecule has 0 aliphatic heterocycles. The Balaban J connectivity index is 2.41. The van der Waals surface area contributed by atoms with Gasteiger partial charge in [-0.15, -0.1) is 0 Å². The topological polar surface area (TPSA) is 94.5 Å². The van der Waals surface area contributed by atoms with Crippen molar-refractivity contribution in [3.8, 4) is 0 Å². The third-order valence-electron chi connectivity index (χ3n) is 14.1. The van der Waals surface area contributed by atoms with Gasteiger partial charge < -0.3 is 28.2 Å². The molecule has 0 spiro atoms. The van der Waals surface area contributed by atoms with Gasteiger partial charge in [-0.25, -0.2) is 0 Å². The Bertz CT molecular complexity index is 1190. The number of hydrogen-bond donors (Lipinski definition) is 2. The van der Waals surface area contributed by atoms with Gasteiger partial charge in [0, 0.05) is 17.9 Å². The number of aliphatic hydroxyl groups excluding tert-OH is 2. The highest BCUT2D eigenvalue weighted by atomic mass is 28.4. The molecule has 0 radical (unpaired) electrons. The first-order valence-corrected chi connectivity index (χ1v) is 30.6. The zero-order valence-electron chi connectivity index (χ0n) is 37.7. The molecule has 2 N–H and O–H groups in total. The Kier molecular flexibility index (Phi) is 23.8. The van der Waals surface area contributed by atoms with Gasteiger partial charge in [-0.1, -0.05) is 112 Å². The summed E-state index contributed by atoms with van der Waals surface area (Å²) in [6, 6.07) is 21.3. The number of allylic oxidation sites excluding steroid dienone is 2. The molecule has 1 saturated carbocycles. The van der Waals surface area contributed by atoms with Crippen LogP contribution < -0.4 is 0 Å². The second-order valence-electron chi connectivity index (χ2n) is 17.3. The fraction of sp³-hybridized carbons (Fsp3) is 0.804. The Morgan fingerprint density at radius 2 is 1.27 bits per heavy atom. The molecule has 0 saturated heterocycles. The zero-order valence-corrected chi connectivity index (χ0v) is 40.7. The van der Waals surface area contributed by atoms with E-state index in [2.05, 4.69) is 105 Å². The quantitative estimate of drug-likeness (QED) is 0.0333. The number of benzene rings is 1. The van der Waals surface area contributed by atoms with Crippen LogP contribution in [0.4, 0.5) is 0 Å². The predicted molar refractivity (Wildman–Crippen MR) is 243 cm³/mol. The predicted octanol–water partition coefficient (Wildman–Crippen LogP) is 11.9. The van der Waals surface area contributed by atoms with E-state index < -0.39 is 30.4 Å². The smallest absolute Gasteiger partial charge is 0.305 e. The average molecular weight is 835 g/mol. The Labute approximate surface area is 347 Å². The lowest BCUT2D eigenvalue weighted by molar-refractivity contribution is -0.149. The van der Waals surface area contributed by atoms with Crippen molar-refractivity contribution in [3.05, 3.63) is 48.0 Å². The van der Waals surface area contributed by atoms with Crippen molar-refractivity contribution in [2.45, 2.75) is 200 Å². The summed E-state index contributed by atoms with van der Waals surface area (Å²) in [4.78, 5) is 12.4. The van der Waals surface area contributed by atoms with Crippen LogP contribution >= 0.6 is 0 Å². The average Bonchev–Trinajstić information content (AvgIpc) is 3.56. The van der Waals surface area contributed by atoms with Gasteiger partial charge in [0.2, 0.25) is 0 Å². The molecule has 56 heavy (non-hydrogen) atoms. The highest BCUT2D eigenvalue weighted by molar-refractivity contribution is 6.74.